The van der Waals surface area contributed by atoms with Crippen LogP contribution < -0.4 is 24.8 Å². The average molecular weight is 662 g/mol. The maximum absolute atomic E-state index is 13.4. The first-order valence-corrected chi connectivity index (χ1v) is 17.4. The lowest BCUT2D eigenvalue weighted by molar-refractivity contribution is -0.0707. The Balaban J connectivity index is 1.37. The van der Waals surface area contributed by atoms with Crippen molar-refractivity contribution in [3.05, 3.63) is 78.1 Å². The summed E-state index contributed by atoms with van der Waals surface area (Å²) in [6.45, 7) is 12.5. The van der Waals surface area contributed by atoms with E-state index in [0.29, 0.717) is 29.4 Å². The molecule has 0 saturated carbocycles. The number of sulfonamides is 1. The van der Waals surface area contributed by atoms with Gasteiger partial charge in [0.1, 0.15) is 11.5 Å². The second kappa shape index (κ2) is 13.8. The second-order valence-electron chi connectivity index (χ2n) is 13.0. The van der Waals surface area contributed by atoms with E-state index in [4.69, 9.17) is 14.2 Å². The van der Waals surface area contributed by atoms with E-state index in [1.54, 1.807) is 24.4 Å². The van der Waals surface area contributed by atoms with Gasteiger partial charge < -0.3 is 24.8 Å². The summed E-state index contributed by atoms with van der Waals surface area (Å²) < 4.78 is 44.5. The molecule has 0 radical (unpaired) electrons. The summed E-state index contributed by atoms with van der Waals surface area (Å²) in [6, 6.07) is 18.0. The maximum Gasteiger partial charge on any atom is 0.323 e. The first kappa shape index (κ1) is 34.0. The van der Waals surface area contributed by atoms with Crippen LogP contribution in [0.25, 0.3) is 10.8 Å². The van der Waals surface area contributed by atoms with Crippen molar-refractivity contribution in [3.63, 3.8) is 0 Å². The molecule has 2 amide bonds. The van der Waals surface area contributed by atoms with Crippen molar-refractivity contribution in [2.24, 2.45) is 0 Å². The molecule has 2 atom stereocenters. The molecule has 0 aliphatic carbocycles. The first-order valence-electron chi connectivity index (χ1n) is 15.5. The summed E-state index contributed by atoms with van der Waals surface area (Å²) in [5.41, 5.74) is 2.50. The van der Waals surface area contributed by atoms with E-state index in [1.165, 1.54) is 7.11 Å². The van der Waals surface area contributed by atoms with Gasteiger partial charge in [-0.2, -0.15) is 0 Å². The highest BCUT2D eigenvalue weighted by Gasteiger charge is 2.24. The number of nitrogens with zero attached hydrogens (tertiary/aromatic N) is 2. The Bertz CT molecular complexity index is 1860. The fourth-order valence-electron chi connectivity index (χ4n) is 5.77. The highest BCUT2D eigenvalue weighted by Crippen LogP contribution is 2.40. The number of carbonyl (C=O) groups is 1. The number of aromatic nitrogens is 1. The third-order valence-corrected chi connectivity index (χ3v) is 8.32. The lowest BCUT2D eigenvalue weighted by Gasteiger charge is -2.35. The highest BCUT2D eigenvalue weighted by atomic mass is 32.2. The molecule has 3 aromatic carbocycles. The Morgan fingerprint density at radius 3 is 2.28 bits per heavy atom. The maximum atomic E-state index is 13.4. The second-order valence-corrected chi connectivity index (χ2v) is 14.7. The number of anilines is 3. The summed E-state index contributed by atoms with van der Waals surface area (Å²) in [7, 11) is -2.19. The van der Waals surface area contributed by atoms with Gasteiger partial charge in [0.05, 0.1) is 48.3 Å². The number of hydrogen-bond donors (Lipinski definition) is 3. The van der Waals surface area contributed by atoms with Crippen LogP contribution in [0.5, 0.6) is 17.2 Å². The lowest BCUT2D eigenvalue weighted by Crippen LogP contribution is -2.44. The van der Waals surface area contributed by atoms with Crippen molar-refractivity contribution in [3.8, 4) is 17.2 Å². The van der Waals surface area contributed by atoms with Gasteiger partial charge in [-0.15, -0.1) is 0 Å². The first-order chi connectivity index (χ1) is 22.2. The minimum absolute atomic E-state index is 0.170. The van der Waals surface area contributed by atoms with E-state index in [9.17, 15) is 13.2 Å². The topological polar surface area (TPSA) is 131 Å². The Morgan fingerprint density at radius 1 is 0.957 bits per heavy atom. The quantitative estimate of drug-likeness (QED) is 0.176. The van der Waals surface area contributed by atoms with Crippen molar-refractivity contribution in [2.75, 3.05) is 41.8 Å². The number of methoxy groups -OCH3 is 1. The fourth-order valence-corrected chi connectivity index (χ4v) is 6.32. The summed E-state index contributed by atoms with van der Waals surface area (Å²) >= 11 is 0. The molecule has 2 unspecified atom stereocenters. The Morgan fingerprint density at radius 2 is 1.62 bits per heavy atom. The largest absolute Gasteiger partial charge is 0.492 e. The van der Waals surface area contributed by atoms with E-state index in [-0.39, 0.29) is 29.1 Å². The molecule has 4 aromatic rings. The van der Waals surface area contributed by atoms with Crippen molar-refractivity contribution >= 4 is 43.9 Å². The van der Waals surface area contributed by atoms with Crippen LogP contribution in [0.15, 0.2) is 66.9 Å². The molecule has 0 bridgehead atoms. The predicted molar refractivity (Wildman–Crippen MR) is 186 cm³/mol. The van der Waals surface area contributed by atoms with Crippen molar-refractivity contribution < 1.29 is 27.4 Å². The predicted octanol–water partition coefficient (Wildman–Crippen LogP) is 6.96. The summed E-state index contributed by atoms with van der Waals surface area (Å²) in [4.78, 5) is 20.3. The van der Waals surface area contributed by atoms with Crippen LogP contribution in [0.3, 0.4) is 0 Å². The number of amides is 2. The van der Waals surface area contributed by atoms with Crippen molar-refractivity contribution in [1.29, 1.82) is 0 Å². The molecule has 2 heterocycles. The average Bonchev–Trinajstić information content (AvgIpc) is 2.97. The fraction of sp³-hybridized carbons (Fsp3) is 0.371. The number of rotatable bonds is 9. The number of pyridine rings is 1. The summed E-state index contributed by atoms with van der Waals surface area (Å²) in [5.74, 6) is 1.49. The SMILES string of the molecule is COc1c(NC(=O)Nc2ccc(Oc3ccnc(CN4CC(C)OC(C)C4)c3)c3ccccc23)cc(C(C)(C)C)cc1NS(C)(=O)=O. The number of morpholine rings is 1. The zero-order valence-corrected chi connectivity index (χ0v) is 28.7. The van der Waals surface area contributed by atoms with Crippen LogP contribution in [0.1, 0.15) is 45.9 Å². The van der Waals surface area contributed by atoms with Crippen molar-refractivity contribution in [2.45, 2.75) is 58.8 Å². The van der Waals surface area contributed by atoms with Gasteiger partial charge in [-0.25, -0.2) is 13.2 Å². The van der Waals surface area contributed by atoms with Gasteiger partial charge in [0, 0.05) is 42.7 Å². The molecule has 250 valence electrons. The number of urea groups is 1. The van der Waals surface area contributed by atoms with Gasteiger partial charge in [0.2, 0.25) is 10.0 Å². The van der Waals surface area contributed by atoms with Crippen molar-refractivity contribution in [1.82, 2.24) is 9.88 Å². The minimum atomic E-state index is -3.61. The molecule has 1 aliphatic rings. The molecule has 12 heteroatoms. The van der Waals surface area contributed by atoms with Gasteiger partial charge in [-0.3, -0.25) is 14.6 Å². The van der Waals surface area contributed by atoms with Crippen LogP contribution in [0.2, 0.25) is 0 Å². The van der Waals surface area contributed by atoms with Crippen LogP contribution in [-0.2, 0) is 26.7 Å². The zero-order valence-electron chi connectivity index (χ0n) is 27.9. The number of fused-ring (bicyclic) bond motifs is 1. The van der Waals surface area contributed by atoms with Crippen LogP contribution in [0, 0.1) is 0 Å². The molecule has 47 heavy (non-hydrogen) atoms. The van der Waals surface area contributed by atoms with E-state index in [1.807, 2.05) is 63.2 Å². The van der Waals surface area contributed by atoms with E-state index < -0.39 is 16.1 Å². The summed E-state index contributed by atoms with van der Waals surface area (Å²) in [5, 5.41) is 7.38. The molecule has 1 aliphatic heterocycles. The summed E-state index contributed by atoms with van der Waals surface area (Å²) in [6.07, 6.45) is 3.15. The Kier molecular flexibility index (Phi) is 9.94. The molecule has 1 aromatic heterocycles. The third-order valence-electron chi connectivity index (χ3n) is 7.73. The molecule has 0 spiro atoms. The number of benzene rings is 3. The van der Waals surface area contributed by atoms with E-state index in [0.717, 1.165) is 41.4 Å². The zero-order chi connectivity index (χ0) is 33.9. The number of nitrogens with one attached hydrogen (secondary N) is 3. The highest BCUT2D eigenvalue weighted by molar-refractivity contribution is 7.92. The molecule has 1 fully saturated rings. The van der Waals surface area contributed by atoms with Gasteiger partial charge in [-0.1, -0.05) is 45.0 Å². The smallest absolute Gasteiger partial charge is 0.323 e. The van der Waals surface area contributed by atoms with Crippen LogP contribution in [0.4, 0.5) is 21.9 Å². The van der Waals surface area contributed by atoms with E-state index >= 15 is 0 Å². The monoisotopic (exact) mass is 661 g/mol. The van der Waals surface area contributed by atoms with Crippen LogP contribution in [-0.4, -0.2) is 63.0 Å². The van der Waals surface area contributed by atoms with Gasteiger partial charge in [-0.05, 0) is 55.2 Å². The van der Waals surface area contributed by atoms with Gasteiger partial charge in [0.15, 0.2) is 5.75 Å². The molecule has 11 nitrogen and oxygen atoms in total. The van der Waals surface area contributed by atoms with Crippen LogP contribution >= 0.6 is 0 Å². The molecule has 5 rings (SSSR count). The Labute approximate surface area is 276 Å². The molecular weight excluding hydrogens is 618 g/mol. The number of ether oxygens (including phenoxy) is 3. The third kappa shape index (κ3) is 8.70. The van der Waals surface area contributed by atoms with Gasteiger partial charge in [0.25, 0.3) is 0 Å². The number of hydrogen-bond acceptors (Lipinski definition) is 8. The molecular formula is C35H43N5O6S. The normalized spacial score (nSPS) is 17.3. The number of carbonyl (C=O) groups excluding carboxylic acids is 1. The minimum Gasteiger partial charge on any atom is -0.492 e. The lowest BCUT2D eigenvalue weighted by atomic mass is 9.86. The molecule has 3 N–H and O–H groups in total. The molecule has 1 saturated heterocycles. The Hall–Kier alpha value is -4.39. The standard InChI is InChI=1S/C35H43N5O6S/c1-22-19-40(20-23(2)45-22)21-25-18-26(14-15-36-25)46-32-13-12-29(27-10-8-9-11-28(27)32)37-34(41)38-30-16-24(35(3,4)5)17-31(33(30)44-6)39-47(7,42)43/h8-18,22-23,39H,19-21H2,1-7H3,(H2,37,38,41). The van der Waals surface area contributed by atoms with Gasteiger partial charge >= 0.3 is 6.03 Å². The van der Waals surface area contributed by atoms with E-state index in [2.05, 4.69) is 39.1 Å².